The molecule has 2 aliphatic rings. The number of amides is 4. The Morgan fingerprint density at radius 2 is 1.92 bits per heavy atom. The molecule has 8 heteroatoms. The van der Waals surface area contributed by atoms with Gasteiger partial charge in [0.15, 0.2) is 0 Å². The molecule has 2 fully saturated rings. The zero-order chi connectivity index (χ0) is 18.9. The van der Waals surface area contributed by atoms with Crippen molar-refractivity contribution in [3.05, 3.63) is 29.0 Å². The zero-order valence-corrected chi connectivity index (χ0v) is 15.2. The maximum Gasteiger partial charge on any atom is 0.325 e. The molecule has 1 saturated heterocycles. The molecule has 1 aromatic rings. The summed E-state index contributed by atoms with van der Waals surface area (Å²) in [5.41, 5.74) is -0.670. The topological polar surface area (TPSA) is 78.5 Å². The first-order valence-electron chi connectivity index (χ1n) is 8.76. The fourth-order valence-electron chi connectivity index (χ4n) is 3.61. The number of carbonyl (C=O) groups is 3. The summed E-state index contributed by atoms with van der Waals surface area (Å²) in [6.45, 7) is 1.49. The smallest absolute Gasteiger partial charge is 0.323 e. The zero-order valence-electron chi connectivity index (χ0n) is 14.5. The third-order valence-corrected chi connectivity index (χ3v) is 5.42. The highest BCUT2D eigenvalue weighted by Crippen LogP contribution is 2.33. The van der Waals surface area contributed by atoms with Crippen LogP contribution < -0.4 is 10.6 Å². The first kappa shape index (κ1) is 18.6. The highest BCUT2D eigenvalue weighted by atomic mass is 35.5. The van der Waals surface area contributed by atoms with E-state index in [0.717, 1.165) is 36.6 Å². The van der Waals surface area contributed by atoms with Gasteiger partial charge in [-0.2, -0.15) is 0 Å². The van der Waals surface area contributed by atoms with E-state index < -0.39 is 29.3 Å². The highest BCUT2D eigenvalue weighted by molar-refractivity contribution is 6.33. The molecule has 1 aromatic carbocycles. The minimum Gasteiger partial charge on any atom is -0.323 e. The Morgan fingerprint density at radius 1 is 1.27 bits per heavy atom. The lowest BCUT2D eigenvalue weighted by Gasteiger charge is -2.26. The Morgan fingerprint density at radius 3 is 2.54 bits per heavy atom. The molecule has 4 amide bonds. The van der Waals surface area contributed by atoms with Crippen molar-refractivity contribution in [2.24, 2.45) is 0 Å². The lowest BCUT2D eigenvalue weighted by atomic mass is 9.90. The van der Waals surface area contributed by atoms with Crippen molar-refractivity contribution in [3.63, 3.8) is 0 Å². The van der Waals surface area contributed by atoms with E-state index >= 15 is 0 Å². The normalized spacial score (nSPS) is 20.7. The van der Waals surface area contributed by atoms with E-state index in [4.69, 9.17) is 11.6 Å². The molecule has 6 nitrogen and oxygen atoms in total. The van der Waals surface area contributed by atoms with Crippen LogP contribution >= 0.6 is 11.6 Å². The SMILES string of the molecule is C[C@H](C(=O)Nc1ccc(F)cc1Cl)N1C(=O)NC2(CCCCCC2)C1=O. The van der Waals surface area contributed by atoms with Crippen molar-refractivity contribution in [3.8, 4) is 0 Å². The lowest BCUT2D eigenvalue weighted by molar-refractivity contribution is -0.136. The largest absolute Gasteiger partial charge is 0.325 e. The average molecular weight is 382 g/mol. The second-order valence-electron chi connectivity index (χ2n) is 6.89. The minimum atomic E-state index is -1.01. The summed E-state index contributed by atoms with van der Waals surface area (Å²) in [6, 6.07) is 2.02. The Kier molecular flexibility index (Phi) is 5.18. The molecule has 3 rings (SSSR count). The predicted octanol–water partition coefficient (Wildman–Crippen LogP) is 3.45. The van der Waals surface area contributed by atoms with Gasteiger partial charge < -0.3 is 10.6 Å². The van der Waals surface area contributed by atoms with Crippen LogP contribution in [0.2, 0.25) is 5.02 Å². The van der Waals surface area contributed by atoms with Crippen LogP contribution in [0.1, 0.15) is 45.4 Å². The summed E-state index contributed by atoms with van der Waals surface area (Å²) in [5.74, 6) is -1.43. The van der Waals surface area contributed by atoms with Crippen LogP contribution in [0.15, 0.2) is 18.2 Å². The van der Waals surface area contributed by atoms with Gasteiger partial charge in [-0.1, -0.05) is 37.3 Å². The first-order valence-corrected chi connectivity index (χ1v) is 9.13. The molecule has 0 aromatic heterocycles. The van der Waals surface area contributed by atoms with Gasteiger partial charge in [-0.15, -0.1) is 0 Å². The van der Waals surface area contributed by atoms with Crippen molar-refractivity contribution >= 4 is 35.1 Å². The molecule has 1 heterocycles. The predicted molar refractivity (Wildman–Crippen MR) is 95.3 cm³/mol. The third-order valence-electron chi connectivity index (χ3n) is 5.11. The van der Waals surface area contributed by atoms with Crippen LogP contribution in [0.4, 0.5) is 14.9 Å². The number of urea groups is 1. The van der Waals surface area contributed by atoms with Crippen molar-refractivity contribution in [2.75, 3.05) is 5.32 Å². The van der Waals surface area contributed by atoms with Crippen LogP contribution in [-0.4, -0.2) is 34.3 Å². The van der Waals surface area contributed by atoms with E-state index in [0.29, 0.717) is 12.8 Å². The highest BCUT2D eigenvalue weighted by Gasteiger charge is 2.53. The molecule has 1 saturated carbocycles. The summed E-state index contributed by atoms with van der Waals surface area (Å²) in [5, 5.41) is 5.40. The van der Waals surface area contributed by atoms with E-state index in [-0.39, 0.29) is 16.6 Å². The van der Waals surface area contributed by atoms with Crippen molar-refractivity contribution in [1.29, 1.82) is 0 Å². The van der Waals surface area contributed by atoms with Crippen LogP contribution in [0.3, 0.4) is 0 Å². The summed E-state index contributed by atoms with van der Waals surface area (Å²) in [6.07, 6.45) is 4.98. The number of nitrogens with zero attached hydrogens (tertiary/aromatic N) is 1. The third kappa shape index (κ3) is 3.40. The Balaban J connectivity index is 1.76. The van der Waals surface area contributed by atoms with Gasteiger partial charge in [-0.05, 0) is 38.0 Å². The number of halogens is 2. The van der Waals surface area contributed by atoms with Crippen molar-refractivity contribution in [2.45, 2.75) is 57.0 Å². The number of hydrogen-bond acceptors (Lipinski definition) is 3. The number of carbonyl (C=O) groups excluding carboxylic acids is 3. The second-order valence-corrected chi connectivity index (χ2v) is 7.30. The lowest BCUT2D eigenvalue weighted by Crippen LogP contribution is -2.49. The Labute approximate surface area is 156 Å². The molecule has 0 unspecified atom stereocenters. The number of benzene rings is 1. The molecule has 26 heavy (non-hydrogen) atoms. The molecule has 1 aliphatic heterocycles. The summed E-state index contributed by atoms with van der Waals surface area (Å²) in [7, 11) is 0. The Bertz CT molecular complexity index is 747. The molecule has 1 spiro atoms. The fourth-order valence-corrected chi connectivity index (χ4v) is 3.82. The van der Waals surface area contributed by atoms with E-state index in [1.807, 2.05) is 0 Å². The standard InChI is InChI=1S/C18H21ClFN3O3/c1-11(15(24)21-14-7-6-12(20)10-13(14)19)23-16(25)18(22-17(23)26)8-4-2-3-5-9-18/h6-7,10-11H,2-5,8-9H2,1H3,(H,21,24)(H,22,26)/t11-/m1/s1. The van der Waals surface area contributed by atoms with Gasteiger partial charge in [-0.25, -0.2) is 14.1 Å². The number of anilines is 1. The minimum absolute atomic E-state index is 0.0444. The quantitative estimate of drug-likeness (QED) is 0.787. The number of imide groups is 1. The average Bonchev–Trinajstić information content (AvgIpc) is 2.75. The van der Waals surface area contributed by atoms with E-state index in [1.165, 1.54) is 19.1 Å². The van der Waals surface area contributed by atoms with Gasteiger partial charge in [0.2, 0.25) is 5.91 Å². The van der Waals surface area contributed by atoms with Crippen molar-refractivity contribution < 1.29 is 18.8 Å². The van der Waals surface area contributed by atoms with E-state index in [9.17, 15) is 18.8 Å². The van der Waals surface area contributed by atoms with Crippen LogP contribution in [0, 0.1) is 5.82 Å². The molecule has 1 aliphatic carbocycles. The Hall–Kier alpha value is -2.15. The molecule has 0 radical (unpaired) electrons. The number of nitrogens with one attached hydrogen (secondary N) is 2. The van der Waals surface area contributed by atoms with Gasteiger partial charge in [0.1, 0.15) is 17.4 Å². The van der Waals surface area contributed by atoms with Crippen LogP contribution in [0.25, 0.3) is 0 Å². The molecule has 0 bridgehead atoms. The maximum atomic E-state index is 13.1. The van der Waals surface area contributed by atoms with Gasteiger partial charge >= 0.3 is 6.03 Å². The molecule has 2 N–H and O–H groups in total. The summed E-state index contributed by atoms with van der Waals surface area (Å²) < 4.78 is 13.1. The first-order chi connectivity index (χ1) is 12.3. The summed E-state index contributed by atoms with van der Waals surface area (Å²) in [4.78, 5) is 38.9. The fraction of sp³-hybridized carbons (Fsp3) is 0.500. The van der Waals surface area contributed by atoms with Crippen LogP contribution in [0.5, 0.6) is 0 Å². The van der Waals surface area contributed by atoms with E-state index in [1.54, 1.807) is 0 Å². The van der Waals surface area contributed by atoms with Crippen LogP contribution in [-0.2, 0) is 9.59 Å². The van der Waals surface area contributed by atoms with E-state index in [2.05, 4.69) is 10.6 Å². The van der Waals surface area contributed by atoms with Gasteiger partial charge in [0, 0.05) is 0 Å². The molecular weight excluding hydrogens is 361 g/mol. The van der Waals surface area contributed by atoms with Gasteiger partial charge in [-0.3, -0.25) is 9.59 Å². The monoisotopic (exact) mass is 381 g/mol. The summed E-state index contributed by atoms with van der Waals surface area (Å²) >= 11 is 5.92. The van der Waals surface area contributed by atoms with Gasteiger partial charge in [0.25, 0.3) is 5.91 Å². The maximum absolute atomic E-state index is 13.1. The number of rotatable bonds is 3. The second kappa shape index (κ2) is 7.23. The van der Waals surface area contributed by atoms with Gasteiger partial charge in [0.05, 0.1) is 10.7 Å². The molecular formula is C18H21ClFN3O3. The number of hydrogen-bond donors (Lipinski definition) is 2. The molecule has 140 valence electrons. The van der Waals surface area contributed by atoms with Crippen molar-refractivity contribution in [1.82, 2.24) is 10.2 Å². The molecule has 1 atom stereocenters.